The van der Waals surface area contributed by atoms with Gasteiger partial charge in [-0.2, -0.15) is 0 Å². The highest BCUT2D eigenvalue weighted by Crippen LogP contribution is 2.28. The lowest BCUT2D eigenvalue weighted by atomic mass is 10.0. The van der Waals surface area contributed by atoms with Crippen LogP contribution in [0.5, 0.6) is 0 Å². The Bertz CT molecular complexity index is 509. The number of benzene rings is 1. The highest BCUT2D eigenvalue weighted by Gasteiger charge is 2.27. The van der Waals surface area contributed by atoms with Gasteiger partial charge in [-0.05, 0) is 37.0 Å². The zero-order valence-electron chi connectivity index (χ0n) is 10.2. The van der Waals surface area contributed by atoms with Crippen molar-refractivity contribution < 1.29 is 8.42 Å². The zero-order valence-corrected chi connectivity index (χ0v) is 11.8. The van der Waals surface area contributed by atoms with Gasteiger partial charge in [-0.1, -0.05) is 30.5 Å². The minimum atomic E-state index is -3.33. The zero-order chi connectivity index (χ0) is 13.2. The van der Waals surface area contributed by atoms with Crippen LogP contribution < -0.4 is 5.73 Å². The Morgan fingerprint density at radius 1 is 1.33 bits per heavy atom. The first-order valence-electron chi connectivity index (χ1n) is 6.23. The van der Waals surface area contributed by atoms with E-state index < -0.39 is 9.84 Å². The van der Waals surface area contributed by atoms with E-state index in [1.54, 1.807) is 18.2 Å². The van der Waals surface area contributed by atoms with Crippen LogP contribution in [0.2, 0.25) is 5.02 Å². The van der Waals surface area contributed by atoms with Crippen molar-refractivity contribution in [2.24, 2.45) is 11.7 Å². The molecule has 2 rings (SSSR count). The maximum Gasteiger partial charge on any atom is 0.179 e. The van der Waals surface area contributed by atoms with E-state index in [2.05, 4.69) is 0 Å². The minimum absolute atomic E-state index is 0.0119. The largest absolute Gasteiger partial charge is 0.327 e. The Kier molecular flexibility index (Phi) is 4.30. The van der Waals surface area contributed by atoms with E-state index in [9.17, 15) is 8.42 Å². The molecule has 0 amide bonds. The van der Waals surface area contributed by atoms with E-state index in [1.807, 2.05) is 0 Å². The molecule has 0 spiro atoms. The lowest BCUT2D eigenvalue weighted by molar-refractivity contribution is 0.455. The Morgan fingerprint density at radius 2 is 2.00 bits per heavy atom. The summed E-state index contributed by atoms with van der Waals surface area (Å²) in [5.74, 6) is 0.358. The van der Waals surface area contributed by atoms with Gasteiger partial charge < -0.3 is 5.73 Å². The molecular formula is C13H18ClNO2S. The molecule has 1 fully saturated rings. The normalized spacial score (nSPS) is 19.0. The maximum absolute atomic E-state index is 12.2. The molecule has 5 heteroatoms. The highest BCUT2D eigenvalue weighted by molar-refractivity contribution is 7.91. The van der Waals surface area contributed by atoms with Crippen molar-refractivity contribution in [3.8, 4) is 0 Å². The van der Waals surface area contributed by atoms with Gasteiger partial charge in [0.15, 0.2) is 9.84 Å². The van der Waals surface area contributed by atoms with Crippen molar-refractivity contribution in [3.63, 3.8) is 0 Å². The van der Waals surface area contributed by atoms with Crippen LogP contribution in [0.25, 0.3) is 0 Å². The summed E-state index contributed by atoms with van der Waals surface area (Å²) in [6.45, 7) is 0. The topological polar surface area (TPSA) is 60.2 Å². The summed E-state index contributed by atoms with van der Waals surface area (Å²) in [5, 5.41) is 0.436. The van der Waals surface area contributed by atoms with Crippen molar-refractivity contribution in [2.45, 2.75) is 36.6 Å². The molecule has 1 aliphatic carbocycles. The minimum Gasteiger partial charge on any atom is -0.327 e. The summed E-state index contributed by atoms with van der Waals surface area (Å²) in [5.41, 5.74) is 6.03. The van der Waals surface area contributed by atoms with Gasteiger partial charge in [-0.15, -0.1) is 0 Å². The van der Waals surface area contributed by atoms with Crippen molar-refractivity contribution in [1.29, 1.82) is 0 Å². The fourth-order valence-corrected chi connectivity index (χ4v) is 4.35. The van der Waals surface area contributed by atoms with Crippen LogP contribution in [0.1, 0.15) is 25.7 Å². The van der Waals surface area contributed by atoms with Crippen LogP contribution >= 0.6 is 11.6 Å². The summed E-state index contributed by atoms with van der Waals surface area (Å²) >= 11 is 5.82. The molecule has 1 aromatic rings. The van der Waals surface area contributed by atoms with Gasteiger partial charge >= 0.3 is 0 Å². The number of rotatable bonds is 4. The van der Waals surface area contributed by atoms with E-state index in [1.165, 1.54) is 6.07 Å². The van der Waals surface area contributed by atoms with Gasteiger partial charge in [0, 0.05) is 11.1 Å². The lowest BCUT2D eigenvalue weighted by Crippen LogP contribution is -2.35. The predicted molar refractivity (Wildman–Crippen MR) is 73.4 cm³/mol. The van der Waals surface area contributed by atoms with Gasteiger partial charge in [-0.3, -0.25) is 0 Å². The monoisotopic (exact) mass is 287 g/mol. The SMILES string of the molecule is NC(CS(=O)(=O)c1cccc(Cl)c1)C1CCCC1. The standard InChI is InChI=1S/C13H18ClNO2S/c14-11-6-3-7-12(8-11)18(16,17)9-13(15)10-4-1-2-5-10/h3,6-8,10,13H,1-2,4-5,9,15H2. The van der Waals surface area contributed by atoms with E-state index in [0.717, 1.165) is 25.7 Å². The number of sulfone groups is 1. The average Bonchev–Trinajstić information content (AvgIpc) is 2.82. The fourth-order valence-electron chi connectivity index (χ4n) is 2.53. The number of hydrogen-bond donors (Lipinski definition) is 1. The van der Waals surface area contributed by atoms with Crippen LogP contribution in [0.15, 0.2) is 29.2 Å². The van der Waals surface area contributed by atoms with Crippen molar-refractivity contribution >= 4 is 21.4 Å². The molecule has 0 radical (unpaired) electrons. The summed E-state index contributed by atoms with van der Waals surface area (Å²) in [7, 11) is -3.33. The lowest BCUT2D eigenvalue weighted by Gasteiger charge is -2.18. The van der Waals surface area contributed by atoms with E-state index >= 15 is 0 Å². The summed E-state index contributed by atoms with van der Waals surface area (Å²) < 4.78 is 24.4. The molecule has 2 N–H and O–H groups in total. The number of nitrogens with two attached hydrogens (primary N) is 1. The Hall–Kier alpha value is -0.580. The highest BCUT2D eigenvalue weighted by atomic mass is 35.5. The molecule has 1 aliphatic rings. The third-order valence-electron chi connectivity index (χ3n) is 3.57. The molecule has 100 valence electrons. The van der Waals surface area contributed by atoms with Crippen LogP contribution in [-0.2, 0) is 9.84 Å². The van der Waals surface area contributed by atoms with Gasteiger partial charge in [0.2, 0.25) is 0 Å². The molecule has 3 nitrogen and oxygen atoms in total. The maximum atomic E-state index is 12.2. The van der Waals surface area contributed by atoms with Crippen molar-refractivity contribution in [1.82, 2.24) is 0 Å². The average molecular weight is 288 g/mol. The molecule has 0 aromatic heterocycles. The third-order valence-corrected chi connectivity index (χ3v) is 5.60. The Balaban J connectivity index is 2.11. The molecule has 1 unspecified atom stereocenters. The molecule has 1 aromatic carbocycles. The second-order valence-electron chi connectivity index (χ2n) is 4.95. The molecular weight excluding hydrogens is 270 g/mol. The van der Waals surface area contributed by atoms with E-state index in [-0.39, 0.29) is 16.7 Å². The van der Waals surface area contributed by atoms with Crippen LogP contribution in [0.3, 0.4) is 0 Å². The van der Waals surface area contributed by atoms with E-state index in [4.69, 9.17) is 17.3 Å². The molecule has 1 atom stereocenters. The smallest absolute Gasteiger partial charge is 0.179 e. The van der Waals surface area contributed by atoms with Gasteiger partial charge in [0.25, 0.3) is 0 Å². The fraction of sp³-hybridized carbons (Fsp3) is 0.538. The predicted octanol–water partition coefficient (Wildman–Crippen LogP) is 2.63. The van der Waals surface area contributed by atoms with E-state index in [0.29, 0.717) is 10.9 Å². The number of hydrogen-bond acceptors (Lipinski definition) is 3. The van der Waals surface area contributed by atoms with Crippen LogP contribution in [0, 0.1) is 5.92 Å². The molecule has 0 bridgehead atoms. The first-order valence-corrected chi connectivity index (χ1v) is 8.26. The Morgan fingerprint density at radius 3 is 2.61 bits per heavy atom. The van der Waals surface area contributed by atoms with Crippen molar-refractivity contribution in [3.05, 3.63) is 29.3 Å². The molecule has 1 saturated carbocycles. The van der Waals surface area contributed by atoms with Gasteiger partial charge in [0.1, 0.15) is 0 Å². The summed E-state index contributed by atoms with van der Waals surface area (Å²) in [6, 6.07) is 6.10. The summed E-state index contributed by atoms with van der Waals surface area (Å²) in [4.78, 5) is 0.267. The van der Waals surface area contributed by atoms with Crippen LogP contribution in [-0.4, -0.2) is 20.2 Å². The molecule has 0 aliphatic heterocycles. The second-order valence-corrected chi connectivity index (χ2v) is 7.42. The van der Waals surface area contributed by atoms with Gasteiger partial charge in [0.05, 0.1) is 10.6 Å². The first-order chi connectivity index (χ1) is 8.49. The Labute approximate surface area is 113 Å². The first kappa shape index (κ1) is 13.8. The molecule has 0 saturated heterocycles. The van der Waals surface area contributed by atoms with Gasteiger partial charge in [-0.25, -0.2) is 8.42 Å². The molecule has 18 heavy (non-hydrogen) atoms. The number of halogens is 1. The molecule has 0 heterocycles. The van der Waals surface area contributed by atoms with Crippen LogP contribution in [0.4, 0.5) is 0 Å². The second kappa shape index (κ2) is 5.59. The summed E-state index contributed by atoms with van der Waals surface area (Å²) in [6.07, 6.45) is 4.42. The quantitative estimate of drug-likeness (QED) is 0.926. The van der Waals surface area contributed by atoms with Crippen molar-refractivity contribution in [2.75, 3.05) is 5.75 Å². The third kappa shape index (κ3) is 3.25.